The van der Waals surface area contributed by atoms with E-state index in [1.165, 1.54) is 51.4 Å². The Kier molecular flexibility index (Phi) is 19.4. The zero-order chi connectivity index (χ0) is 28.0. The Balaban J connectivity index is 2.62. The smallest absolute Gasteiger partial charge is 0.313 e. The van der Waals surface area contributed by atoms with Crippen LogP contribution in [0.1, 0.15) is 136 Å². The number of cyclic esters (lactones) is 1. The first-order valence-corrected chi connectivity index (χ1v) is 15.3. The summed E-state index contributed by atoms with van der Waals surface area (Å²) in [5, 5.41) is 0. The minimum Gasteiger partial charge on any atom is -0.462 e. The van der Waals surface area contributed by atoms with Crippen molar-refractivity contribution in [3.8, 4) is 0 Å². The molecule has 0 amide bonds. The first-order chi connectivity index (χ1) is 18.4. The predicted octanol–water partition coefficient (Wildman–Crippen LogP) is 5.98. The van der Waals surface area contributed by atoms with Crippen molar-refractivity contribution in [1.82, 2.24) is 0 Å². The maximum Gasteiger partial charge on any atom is 0.313 e. The zero-order valence-electron chi connectivity index (χ0n) is 24.2. The second-order valence-electron chi connectivity index (χ2n) is 10.9. The van der Waals surface area contributed by atoms with Gasteiger partial charge in [-0.1, -0.05) is 90.9 Å². The lowest BCUT2D eigenvalue weighted by atomic mass is 9.86. The van der Waals surface area contributed by atoms with Crippen LogP contribution >= 0.6 is 0 Å². The fourth-order valence-electron chi connectivity index (χ4n) is 5.13. The summed E-state index contributed by atoms with van der Waals surface area (Å²) in [5.41, 5.74) is 10.7. The first-order valence-electron chi connectivity index (χ1n) is 15.3. The molecule has 220 valence electrons. The van der Waals surface area contributed by atoms with E-state index < -0.39 is 5.92 Å². The summed E-state index contributed by atoms with van der Waals surface area (Å²) < 4.78 is 11.5. The molecule has 0 unspecified atom stereocenters. The van der Waals surface area contributed by atoms with Crippen LogP contribution in [0.3, 0.4) is 0 Å². The van der Waals surface area contributed by atoms with Crippen LogP contribution in [0.2, 0.25) is 0 Å². The molecular formula is C30H55N3O5. The van der Waals surface area contributed by atoms with Gasteiger partial charge < -0.3 is 25.7 Å². The molecule has 0 aromatic carbocycles. The molecule has 1 aliphatic rings. The summed E-state index contributed by atoms with van der Waals surface area (Å²) in [7, 11) is 0. The lowest BCUT2D eigenvalue weighted by Gasteiger charge is -2.37. The van der Waals surface area contributed by atoms with Crippen molar-refractivity contribution in [2.45, 2.75) is 148 Å². The van der Waals surface area contributed by atoms with Crippen molar-refractivity contribution in [2.24, 2.45) is 28.3 Å². The molecule has 38 heavy (non-hydrogen) atoms. The Bertz CT molecular complexity index is 681. The maximum atomic E-state index is 13.0. The van der Waals surface area contributed by atoms with E-state index in [9.17, 15) is 14.4 Å². The summed E-state index contributed by atoms with van der Waals surface area (Å²) in [4.78, 5) is 40.3. The average Bonchev–Trinajstić information content (AvgIpc) is 2.88. The molecule has 0 radical (unpaired) electrons. The van der Waals surface area contributed by atoms with Crippen LogP contribution in [0, 0.1) is 11.8 Å². The van der Waals surface area contributed by atoms with Gasteiger partial charge in [-0.15, -0.1) is 0 Å². The highest BCUT2D eigenvalue weighted by Gasteiger charge is 2.43. The van der Waals surface area contributed by atoms with E-state index in [0.29, 0.717) is 25.8 Å². The monoisotopic (exact) mass is 537 g/mol. The number of carbonyl (C=O) groups is 3. The molecule has 0 aromatic heterocycles. The molecule has 1 heterocycles. The minimum atomic E-state index is -0.513. The number of guanidine groups is 1. The lowest BCUT2D eigenvalue weighted by Crippen LogP contribution is -2.47. The van der Waals surface area contributed by atoms with Gasteiger partial charge in [0.1, 0.15) is 18.5 Å². The zero-order valence-corrected chi connectivity index (χ0v) is 24.2. The second kappa shape index (κ2) is 21.8. The number of aldehydes is 1. The molecule has 8 nitrogen and oxygen atoms in total. The van der Waals surface area contributed by atoms with E-state index >= 15 is 0 Å². The molecule has 0 saturated carbocycles. The predicted molar refractivity (Wildman–Crippen MR) is 153 cm³/mol. The van der Waals surface area contributed by atoms with Gasteiger partial charge in [-0.2, -0.15) is 0 Å². The molecule has 4 N–H and O–H groups in total. The van der Waals surface area contributed by atoms with Gasteiger partial charge in [0.15, 0.2) is 5.96 Å². The number of hydrogen-bond donors (Lipinski definition) is 2. The van der Waals surface area contributed by atoms with E-state index in [-0.39, 0.29) is 42.4 Å². The van der Waals surface area contributed by atoms with Gasteiger partial charge in [-0.3, -0.25) is 14.6 Å². The first kappa shape index (κ1) is 33.9. The topological polar surface area (TPSA) is 134 Å². The highest BCUT2D eigenvalue weighted by Crippen LogP contribution is 2.33. The standard InChI is InChI=1S/C30H55N3O5/c1-3-5-7-9-10-11-12-13-14-18-25(23-27-26(29(36)38-27)19-15-8-6-4-2)37-28(35)24(20-22-34)17-16-21-33-30(31)32/h22,24-27H,3-21,23H2,1-2H3,(H4,31,32,33)/t24-,25+,26+,27+/m1/s1. The van der Waals surface area contributed by atoms with Crippen LogP contribution in [-0.2, 0) is 23.9 Å². The normalized spacial score (nSPS) is 18.2. The third kappa shape index (κ3) is 15.3. The number of aliphatic imine (C=N–C) groups is 1. The fourth-order valence-corrected chi connectivity index (χ4v) is 5.13. The summed E-state index contributed by atoms with van der Waals surface area (Å²) >= 11 is 0. The van der Waals surface area contributed by atoms with E-state index in [1.54, 1.807) is 0 Å². The molecule has 0 bridgehead atoms. The van der Waals surface area contributed by atoms with Gasteiger partial charge >= 0.3 is 11.9 Å². The number of hydrogen-bond acceptors (Lipinski definition) is 6. The van der Waals surface area contributed by atoms with E-state index in [1.807, 2.05) is 0 Å². The fraction of sp³-hybridized carbons (Fsp3) is 0.867. The number of carbonyl (C=O) groups excluding carboxylic acids is 3. The van der Waals surface area contributed by atoms with Crippen LogP contribution < -0.4 is 11.5 Å². The molecule has 8 heteroatoms. The van der Waals surface area contributed by atoms with Gasteiger partial charge in [0, 0.05) is 19.4 Å². The van der Waals surface area contributed by atoms with Gasteiger partial charge in [-0.05, 0) is 32.1 Å². The molecule has 4 atom stereocenters. The number of rotatable bonds is 25. The van der Waals surface area contributed by atoms with Crippen molar-refractivity contribution in [1.29, 1.82) is 0 Å². The Labute approximate surface area is 231 Å². The summed E-state index contributed by atoms with van der Waals surface area (Å²) in [5.74, 6) is -1.08. The average molecular weight is 538 g/mol. The summed E-state index contributed by atoms with van der Waals surface area (Å²) in [6, 6.07) is 0. The van der Waals surface area contributed by atoms with Crippen LogP contribution in [0.25, 0.3) is 0 Å². The molecule has 0 spiro atoms. The van der Waals surface area contributed by atoms with Crippen LogP contribution in [0.4, 0.5) is 0 Å². The van der Waals surface area contributed by atoms with Crippen molar-refractivity contribution >= 4 is 24.2 Å². The number of nitrogens with two attached hydrogens (primary N) is 2. The van der Waals surface area contributed by atoms with E-state index in [2.05, 4.69) is 18.8 Å². The Morgan fingerprint density at radius 1 is 0.921 bits per heavy atom. The largest absolute Gasteiger partial charge is 0.462 e. The minimum absolute atomic E-state index is 0.0137. The Morgan fingerprint density at radius 3 is 2.11 bits per heavy atom. The van der Waals surface area contributed by atoms with Gasteiger partial charge in [0.05, 0.1) is 11.8 Å². The SMILES string of the molecule is CCCCCCCCCCC[C@@H](C[C@@H]1OC(=O)[C@H]1CCCCCC)OC(=O)[C@@H](CC=O)CCCN=C(N)N. The molecule has 0 aromatic rings. The quantitative estimate of drug-likeness (QED) is 0.0481. The molecule has 1 rings (SSSR count). The lowest BCUT2D eigenvalue weighted by molar-refractivity contribution is -0.190. The molecular weight excluding hydrogens is 482 g/mol. The van der Waals surface area contributed by atoms with Gasteiger partial charge in [-0.25, -0.2) is 0 Å². The highest BCUT2D eigenvalue weighted by atomic mass is 16.6. The Hall–Kier alpha value is -2.12. The van der Waals surface area contributed by atoms with Crippen LogP contribution in [0.15, 0.2) is 4.99 Å². The Morgan fingerprint density at radius 2 is 1.53 bits per heavy atom. The maximum absolute atomic E-state index is 13.0. The summed E-state index contributed by atoms with van der Waals surface area (Å²) in [6.45, 7) is 4.81. The van der Waals surface area contributed by atoms with E-state index in [4.69, 9.17) is 20.9 Å². The van der Waals surface area contributed by atoms with Crippen molar-refractivity contribution in [2.75, 3.05) is 6.54 Å². The second-order valence-corrected chi connectivity index (χ2v) is 10.9. The number of nitrogens with zero attached hydrogens (tertiary/aromatic N) is 1. The molecule has 1 aliphatic heterocycles. The van der Waals surface area contributed by atoms with Gasteiger partial charge in [0.2, 0.25) is 0 Å². The third-order valence-electron chi connectivity index (χ3n) is 7.51. The van der Waals surface area contributed by atoms with Crippen LogP contribution in [-0.4, -0.2) is 42.9 Å². The van der Waals surface area contributed by atoms with E-state index in [0.717, 1.165) is 51.2 Å². The van der Waals surface area contributed by atoms with Crippen LogP contribution in [0.5, 0.6) is 0 Å². The van der Waals surface area contributed by atoms with Crippen molar-refractivity contribution < 1.29 is 23.9 Å². The number of unbranched alkanes of at least 4 members (excludes halogenated alkanes) is 11. The summed E-state index contributed by atoms with van der Waals surface area (Å²) in [6.07, 6.45) is 19.0. The molecule has 1 fully saturated rings. The van der Waals surface area contributed by atoms with Crippen molar-refractivity contribution in [3.05, 3.63) is 0 Å². The van der Waals surface area contributed by atoms with Crippen molar-refractivity contribution in [3.63, 3.8) is 0 Å². The molecule has 0 aliphatic carbocycles. The third-order valence-corrected chi connectivity index (χ3v) is 7.51. The number of esters is 2. The number of ether oxygens (including phenoxy) is 2. The molecule has 1 saturated heterocycles. The van der Waals surface area contributed by atoms with Gasteiger partial charge in [0.25, 0.3) is 0 Å². The highest BCUT2D eigenvalue weighted by molar-refractivity contribution is 5.78.